The standard InChI is InChI=1S/C10H19NO2/c1-3-13-10(12)9-5-4-8(11)6-7(9)2/h7-9H,3-6,11H2,1-2H3/t7-,8?,9-/m1/s1. The van der Waals surface area contributed by atoms with E-state index in [4.69, 9.17) is 10.5 Å². The van der Waals surface area contributed by atoms with Gasteiger partial charge in [-0.25, -0.2) is 0 Å². The molecule has 1 aliphatic rings. The minimum absolute atomic E-state index is 0.0399. The third-order valence-corrected chi connectivity index (χ3v) is 2.80. The van der Waals surface area contributed by atoms with Gasteiger partial charge in [0.1, 0.15) is 0 Å². The van der Waals surface area contributed by atoms with Crippen LogP contribution in [-0.2, 0) is 9.53 Å². The van der Waals surface area contributed by atoms with Crippen LogP contribution in [0.15, 0.2) is 0 Å². The Balaban J connectivity index is 2.45. The summed E-state index contributed by atoms with van der Waals surface area (Å²) in [6.45, 7) is 4.41. The fourth-order valence-corrected chi connectivity index (χ4v) is 2.04. The Morgan fingerprint density at radius 2 is 2.23 bits per heavy atom. The molecule has 0 heterocycles. The number of carbonyl (C=O) groups excluding carboxylic acids is 1. The number of ether oxygens (including phenoxy) is 1. The smallest absolute Gasteiger partial charge is 0.309 e. The fraction of sp³-hybridized carbons (Fsp3) is 0.900. The molecule has 0 aromatic carbocycles. The second-order valence-corrected chi connectivity index (χ2v) is 3.91. The average Bonchev–Trinajstić information content (AvgIpc) is 2.04. The van der Waals surface area contributed by atoms with Gasteiger partial charge in [0.25, 0.3) is 0 Å². The molecule has 76 valence electrons. The quantitative estimate of drug-likeness (QED) is 0.660. The van der Waals surface area contributed by atoms with Crippen molar-refractivity contribution < 1.29 is 9.53 Å². The third-order valence-electron chi connectivity index (χ3n) is 2.80. The summed E-state index contributed by atoms with van der Waals surface area (Å²) in [6.07, 6.45) is 2.79. The van der Waals surface area contributed by atoms with E-state index in [1.165, 1.54) is 0 Å². The first-order valence-electron chi connectivity index (χ1n) is 5.07. The lowest BCUT2D eigenvalue weighted by molar-refractivity contribution is -0.151. The van der Waals surface area contributed by atoms with Crippen molar-refractivity contribution in [1.82, 2.24) is 0 Å². The zero-order valence-corrected chi connectivity index (χ0v) is 8.45. The van der Waals surface area contributed by atoms with E-state index in [1.54, 1.807) is 0 Å². The van der Waals surface area contributed by atoms with Gasteiger partial charge in [-0.2, -0.15) is 0 Å². The summed E-state index contributed by atoms with van der Waals surface area (Å²) in [4.78, 5) is 11.5. The lowest BCUT2D eigenvalue weighted by Crippen LogP contribution is -2.36. The van der Waals surface area contributed by atoms with Crippen molar-refractivity contribution in [3.63, 3.8) is 0 Å². The predicted molar refractivity (Wildman–Crippen MR) is 51.1 cm³/mol. The van der Waals surface area contributed by atoms with Crippen LogP contribution in [0.2, 0.25) is 0 Å². The van der Waals surface area contributed by atoms with Crippen LogP contribution in [0, 0.1) is 11.8 Å². The molecular formula is C10H19NO2. The molecule has 1 aliphatic carbocycles. The van der Waals surface area contributed by atoms with E-state index in [0.717, 1.165) is 19.3 Å². The molecule has 1 unspecified atom stereocenters. The summed E-state index contributed by atoms with van der Waals surface area (Å²) in [5.74, 6) is 0.421. The van der Waals surface area contributed by atoms with Crippen molar-refractivity contribution in [3.05, 3.63) is 0 Å². The highest BCUT2D eigenvalue weighted by Gasteiger charge is 2.31. The topological polar surface area (TPSA) is 52.3 Å². The van der Waals surface area contributed by atoms with Gasteiger partial charge < -0.3 is 10.5 Å². The lowest BCUT2D eigenvalue weighted by atomic mass is 9.78. The van der Waals surface area contributed by atoms with Crippen LogP contribution >= 0.6 is 0 Å². The summed E-state index contributed by atoms with van der Waals surface area (Å²) < 4.78 is 5.01. The molecule has 2 N–H and O–H groups in total. The molecule has 3 heteroatoms. The van der Waals surface area contributed by atoms with E-state index in [0.29, 0.717) is 12.5 Å². The number of carbonyl (C=O) groups is 1. The Hall–Kier alpha value is -0.570. The number of nitrogens with two attached hydrogens (primary N) is 1. The Kier molecular flexibility index (Phi) is 3.72. The highest BCUT2D eigenvalue weighted by molar-refractivity contribution is 5.72. The van der Waals surface area contributed by atoms with Crippen molar-refractivity contribution in [2.24, 2.45) is 17.6 Å². The van der Waals surface area contributed by atoms with Gasteiger partial charge in [0.15, 0.2) is 0 Å². The van der Waals surface area contributed by atoms with E-state index in [-0.39, 0.29) is 17.9 Å². The number of hydrogen-bond donors (Lipinski definition) is 1. The normalized spacial score (nSPS) is 34.2. The van der Waals surface area contributed by atoms with Gasteiger partial charge in [-0.3, -0.25) is 4.79 Å². The second kappa shape index (κ2) is 4.61. The molecule has 0 amide bonds. The van der Waals surface area contributed by atoms with Gasteiger partial charge in [0, 0.05) is 6.04 Å². The molecule has 0 aromatic rings. The summed E-state index contributed by atoms with van der Waals surface area (Å²) >= 11 is 0. The molecule has 1 rings (SSSR count). The lowest BCUT2D eigenvalue weighted by Gasteiger charge is -2.30. The Labute approximate surface area is 79.6 Å². The third kappa shape index (κ3) is 2.69. The zero-order valence-electron chi connectivity index (χ0n) is 8.45. The maximum Gasteiger partial charge on any atom is 0.309 e. The zero-order chi connectivity index (χ0) is 9.84. The molecule has 3 atom stereocenters. The van der Waals surface area contributed by atoms with Crippen LogP contribution < -0.4 is 5.73 Å². The van der Waals surface area contributed by atoms with E-state index in [9.17, 15) is 4.79 Å². The van der Waals surface area contributed by atoms with Crippen LogP contribution in [-0.4, -0.2) is 18.6 Å². The number of hydrogen-bond acceptors (Lipinski definition) is 3. The highest BCUT2D eigenvalue weighted by atomic mass is 16.5. The first-order chi connectivity index (χ1) is 6.15. The summed E-state index contributed by atoms with van der Waals surface area (Å²) in [5.41, 5.74) is 5.81. The van der Waals surface area contributed by atoms with Gasteiger partial charge >= 0.3 is 5.97 Å². The van der Waals surface area contributed by atoms with Crippen molar-refractivity contribution in [2.45, 2.75) is 39.2 Å². The molecule has 0 aromatic heterocycles. The molecule has 3 nitrogen and oxygen atoms in total. The monoisotopic (exact) mass is 185 g/mol. The first-order valence-corrected chi connectivity index (χ1v) is 5.07. The van der Waals surface area contributed by atoms with E-state index in [2.05, 4.69) is 6.92 Å². The largest absolute Gasteiger partial charge is 0.466 e. The molecule has 0 saturated heterocycles. The van der Waals surface area contributed by atoms with Gasteiger partial charge in [-0.15, -0.1) is 0 Å². The molecular weight excluding hydrogens is 166 g/mol. The molecule has 0 radical (unpaired) electrons. The van der Waals surface area contributed by atoms with Gasteiger partial charge in [0.2, 0.25) is 0 Å². The molecule has 13 heavy (non-hydrogen) atoms. The second-order valence-electron chi connectivity index (χ2n) is 3.91. The van der Waals surface area contributed by atoms with Crippen molar-refractivity contribution >= 4 is 5.97 Å². The molecule has 1 fully saturated rings. The van der Waals surface area contributed by atoms with E-state index < -0.39 is 0 Å². The van der Waals surface area contributed by atoms with Gasteiger partial charge in [-0.1, -0.05) is 6.92 Å². The van der Waals surface area contributed by atoms with Crippen LogP contribution in [0.3, 0.4) is 0 Å². The maximum atomic E-state index is 11.5. The molecule has 0 bridgehead atoms. The van der Waals surface area contributed by atoms with Gasteiger partial charge in [0.05, 0.1) is 12.5 Å². The minimum Gasteiger partial charge on any atom is -0.466 e. The summed E-state index contributed by atoms with van der Waals surface area (Å²) in [7, 11) is 0. The maximum absolute atomic E-state index is 11.5. The molecule has 1 saturated carbocycles. The van der Waals surface area contributed by atoms with Crippen LogP contribution in [0.1, 0.15) is 33.1 Å². The van der Waals surface area contributed by atoms with Crippen molar-refractivity contribution in [1.29, 1.82) is 0 Å². The SMILES string of the molecule is CCOC(=O)[C@@H]1CCC(N)C[C@H]1C. The fourth-order valence-electron chi connectivity index (χ4n) is 2.04. The number of esters is 1. The summed E-state index contributed by atoms with van der Waals surface area (Å²) in [5, 5.41) is 0. The van der Waals surface area contributed by atoms with Crippen LogP contribution in [0.25, 0.3) is 0 Å². The molecule has 0 aliphatic heterocycles. The van der Waals surface area contributed by atoms with Crippen LogP contribution in [0.4, 0.5) is 0 Å². The van der Waals surface area contributed by atoms with Crippen LogP contribution in [0.5, 0.6) is 0 Å². The highest BCUT2D eigenvalue weighted by Crippen LogP contribution is 2.29. The minimum atomic E-state index is -0.0399. The Bertz CT molecular complexity index is 182. The first kappa shape index (κ1) is 10.5. The van der Waals surface area contributed by atoms with Crippen molar-refractivity contribution in [3.8, 4) is 0 Å². The predicted octanol–water partition coefficient (Wildman–Crippen LogP) is 1.31. The number of rotatable bonds is 2. The van der Waals surface area contributed by atoms with Gasteiger partial charge in [-0.05, 0) is 32.1 Å². The van der Waals surface area contributed by atoms with E-state index in [1.807, 2.05) is 6.92 Å². The van der Waals surface area contributed by atoms with E-state index >= 15 is 0 Å². The average molecular weight is 185 g/mol. The Morgan fingerprint density at radius 3 is 2.77 bits per heavy atom. The Morgan fingerprint density at radius 1 is 1.54 bits per heavy atom. The summed E-state index contributed by atoms with van der Waals surface area (Å²) in [6, 6.07) is 0.278. The molecule has 0 spiro atoms. The van der Waals surface area contributed by atoms with Crippen molar-refractivity contribution in [2.75, 3.05) is 6.61 Å².